The van der Waals surface area contributed by atoms with E-state index in [2.05, 4.69) is 18.2 Å². The summed E-state index contributed by atoms with van der Waals surface area (Å²) in [4.78, 5) is 2.01. The van der Waals surface area contributed by atoms with Crippen LogP contribution in [0.5, 0.6) is 0 Å². The van der Waals surface area contributed by atoms with Gasteiger partial charge in [0.15, 0.2) is 0 Å². The number of rotatable bonds is 3. The molecule has 63 valence electrons. The van der Waals surface area contributed by atoms with E-state index < -0.39 is 0 Å². The highest BCUT2D eigenvalue weighted by Gasteiger charge is 1.84. The molecule has 1 aromatic rings. The SMILES string of the molecule is CN(C)[CH]/C=C/c1ccccc1. The Bertz CT molecular complexity index is 236. The van der Waals surface area contributed by atoms with Gasteiger partial charge in [-0.3, -0.25) is 0 Å². The Kier molecular flexibility index (Phi) is 3.55. The van der Waals surface area contributed by atoms with Crippen molar-refractivity contribution >= 4 is 6.08 Å². The second-order valence-corrected chi connectivity index (χ2v) is 2.88. The molecule has 0 saturated heterocycles. The third kappa shape index (κ3) is 3.35. The fourth-order valence-corrected chi connectivity index (χ4v) is 0.890. The summed E-state index contributed by atoms with van der Waals surface area (Å²) < 4.78 is 0. The van der Waals surface area contributed by atoms with Crippen molar-refractivity contribution in [3.05, 3.63) is 48.5 Å². The van der Waals surface area contributed by atoms with Gasteiger partial charge in [-0.2, -0.15) is 0 Å². The van der Waals surface area contributed by atoms with Crippen LogP contribution in [0.4, 0.5) is 0 Å². The second kappa shape index (κ2) is 4.73. The van der Waals surface area contributed by atoms with Crippen LogP contribution in [0.1, 0.15) is 5.56 Å². The van der Waals surface area contributed by atoms with Crippen molar-refractivity contribution in [2.75, 3.05) is 14.1 Å². The smallest absolute Gasteiger partial charge is 0.0467 e. The third-order valence-electron chi connectivity index (χ3n) is 1.47. The van der Waals surface area contributed by atoms with E-state index >= 15 is 0 Å². The molecule has 0 N–H and O–H groups in total. The molecule has 1 heteroatoms. The molecule has 0 aliphatic carbocycles. The quantitative estimate of drug-likeness (QED) is 0.656. The van der Waals surface area contributed by atoms with Gasteiger partial charge in [-0.15, -0.1) is 0 Å². The van der Waals surface area contributed by atoms with E-state index in [1.165, 1.54) is 5.56 Å². The maximum Gasteiger partial charge on any atom is 0.0467 e. The number of hydrogen-bond acceptors (Lipinski definition) is 1. The Morgan fingerprint density at radius 1 is 1.08 bits per heavy atom. The van der Waals surface area contributed by atoms with Gasteiger partial charge in [0.1, 0.15) is 0 Å². The van der Waals surface area contributed by atoms with Gasteiger partial charge in [-0.05, 0) is 19.7 Å². The highest BCUT2D eigenvalue weighted by Crippen LogP contribution is 2.01. The van der Waals surface area contributed by atoms with Gasteiger partial charge in [0.2, 0.25) is 0 Å². The summed E-state index contributed by atoms with van der Waals surface area (Å²) in [6.07, 6.45) is 4.12. The van der Waals surface area contributed by atoms with Crippen LogP contribution >= 0.6 is 0 Å². The van der Waals surface area contributed by atoms with Gasteiger partial charge in [0, 0.05) is 6.54 Å². The molecule has 1 rings (SSSR count). The largest absolute Gasteiger partial charge is 0.301 e. The first-order valence-electron chi connectivity index (χ1n) is 4.02. The fourth-order valence-electron chi connectivity index (χ4n) is 0.890. The molecule has 0 aliphatic heterocycles. The zero-order valence-electron chi connectivity index (χ0n) is 7.57. The molecule has 0 spiro atoms. The molecular weight excluding hydrogens is 146 g/mol. The van der Waals surface area contributed by atoms with E-state index in [9.17, 15) is 0 Å². The van der Waals surface area contributed by atoms with E-state index in [0.29, 0.717) is 0 Å². The van der Waals surface area contributed by atoms with E-state index in [1.807, 2.05) is 49.8 Å². The van der Waals surface area contributed by atoms with Crippen LogP contribution < -0.4 is 0 Å². The number of nitrogens with zero attached hydrogens (tertiary/aromatic N) is 1. The van der Waals surface area contributed by atoms with E-state index in [-0.39, 0.29) is 0 Å². The molecule has 1 radical (unpaired) electrons. The molecule has 0 aliphatic rings. The first-order valence-corrected chi connectivity index (χ1v) is 4.02. The number of likely N-dealkylation sites (N-methyl/N-ethyl adjacent to an activating group) is 1. The van der Waals surface area contributed by atoms with Crippen molar-refractivity contribution in [1.29, 1.82) is 0 Å². The van der Waals surface area contributed by atoms with E-state index in [4.69, 9.17) is 0 Å². The number of hydrogen-bond donors (Lipinski definition) is 0. The molecular formula is C11H14N. The molecule has 1 nitrogen and oxygen atoms in total. The maximum atomic E-state index is 2.08. The highest BCUT2D eigenvalue weighted by molar-refractivity contribution is 5.49. The van der Waals surface area contributed by atoms with Crippen LogP contribution in [0.2, 0.25) is 0 Å². The van der Waals surface area contributed by atoms with Crippen LogP contribution in [0.25, 0.3) is 6.08 Å². The van der Waals surface area contributed by atoms with Gasteiger partial charge in [0.25, 0.3) is 0 Å². The Morgan fingerprint density at radius 2 is 1.75 bits per heavy atom. The van der Waals surface area contributed by atoms with Crippen molar-refractivity contribution in [2.45, 2.75) is 0 Å². The monoisotopic (exact) mass is 160 g/mol. The molecule has 0 amide bonds. The van der Waals surface area contributed by atoms with Crippen molar-refractivity contribution in [1.82, 2.24) is 4.90 Å². The molecule has 0 saturated carbocycles. The second-order valence-electron chi connectivity index (χ2n) is 2.88. The average molecular weight is 160 g/mol. The Hall–Kier alpha value is -1.08. The predicted molar refractivity (Wildman–Crippen MR) is 53.5 cm³/mol. The van der Waals surface area contributed by atoms with Crippen LogP contribution in [0, 0.1) is 6.54 Å². The topological polar surface area (TPSA) is 3.24 Å². The van der Waals surface area contributed by atoms with Gasteiger partial charge in [-0.1, -0.05) is 42.5 Å². The normalized spacial score (nSPS) is 11.2. The zero-order valence-corrected chi connectivity index (χ0v) is 7.57. The molecule has 0 bridgehead atoms. The lowest BCUT2D eigenvalue weighted by Gasteiger charge is -2.02. The van der Waals surface area contributed by atoms with Crippen molar-refractivity contribution in [2.24, 2.45) is 0 Å². The van der Waals surface area contributed by atoms with Crippen molar-refractivity contribution in [3.63, 3.8) is 0 Å². The van der Waals surface area contributed by atoms with Crippen LogP contribution in [0.3, 0.4) is 0 Å². The summed E-state index contributed by atoms with van der Waals surface area (Å²) in [6, 6.07) is 10.3. The summed E-state index contributed by atoms with van der Waals surface area (Å²) >= 11 is 0. The Labute approximate surface area is 74.3 Å². The minimum absolute atomic E-state index is 1.23. The molecule has 1 aromatic carbocycles. The Balaban J connectivity index is 2.47. The van der Waals surface area contributed by atoms with Gasteiger partial charge in [-0.25, -0.2) is 0 Å². The van der Waals surface area contributed by atoms with Crippen molar-refractivity contribution in [3.8, 4) is 0 Å². The van der Waals surface area contributed by atoms with E-state index in [1.54, 1.807) is 0 Å². The molecule has 0 aromatic heterocycles. The highest BCUT2D eigenvalue weighted by atomic mass is 15.0. The molecule has 0 unspecified atom stereocenters. The minimum atomic E-state index is 1.23. The maximum absolute atomic E-state index is 2.08. The first-order chi connectivity index (χ1) is 5.79. The Morgan fingerprint density at radius 3 is 2.33 bits per heavy atom. The van der Waals surface area contributed by atoms with Crippen LogP contribution in [-0.2, 0) is 0 Å². The van der Waals surface area contributed by atoms with Crippen LogP contribution in [-0.4, -0.2) is 19.0 Å². The van der Waals surface area contributed by atoms with Crippen LogP contribution in [0.15, 0.2) is 36.4 Å². The molecule has 12 heavy (non-hydrogen) atoms. The lowest BCUT2D eigenvalue weighted by atomic mass is 10.2. The zero-order chi connectivity index (χ0) is 8.81. The molecule has 0 atom stereocenters. The van der Waals surface area contributed by atoms with Gasteiger partial charge < -0.3 is 4.90 Å². The summed E-state index contributed by atoms with van der Waals surface area (Å²) in [5.41, 5.74) is 1.23. The lowest BCUT2D eigenvalue weighted by molar-refractivity contribution is 0.522. The molecule has 0 fully saturated rings. The third-order valence-corrected chi connectivity index (χ3v) is 1.47. The van der Waals surface area contributed by atoms with Gasteiger partial charge >= 0.3 is 0 Å². The summed E-state index contributed by atoms with van der Waals surface area (Å²) in [6.45, 7) is 2.02. The van der Waals surface area contributed by atoms with Crippen molar-refractivity contribution < 1.29 is 0 Å². The summed E-state index contributed by atoms with van der Waals surface area (Å²) in [5.74, 6) is 0. The minimum Gasteiger partial charge on any atom is -0.301 e. The predicted octanol–water partition coefficient (Wildman–Crippen LogP) is 2.42. The first kappa shape index (κ1) is 9.01. The molecule has 0 heterocycles. The van der Waals surface area contributed by atoms with Gasteiger partial charge in [0.05, 0.1) is 0 Å². The fraction of sp³-hybridized carbons (Fsp3) is 0.182. The van der Waals surface area contributed by atoms with E-state index in [0.717, 1.165) is 0 Å². The lowest BCUT2D eigenvalue weighted by Crippen LogP contribution is -2.04. The summed E-state index contributed by atoms with van der Waals surface area (Å²) in [7, 11) is 4.02. The number of benzene rings is 1. The standard InChI is InChI=1S/C11H14N/c1-12(2)10-6-9-11-7-4-3-5-8-11/h3-10H,1-2H3/b9-6+. The summed E-state index contributed by atoms with van der Waals surface area (Å²) in [5, 5.41) is 0. The average Bonchev–Trinajstić information content (AvgIpc) is 2.05.